The van der Waals surface area contributed by atoms with Gasteiger partial charge in [-0.25, -0.2) is 9.97 Å². The number of thiazole rings is 2. The van der Waals surface area contributed by atoms with Crippen LogP contribution in [0.25, 0.3) is 0 Å². The van der Waals surface area contributed by atoms with Gasteiger partial charge in [-0.2, -0.15) is 5.26 Å². The first-order chi connectivity index (χ1) is 8.19. The molecule has 0 aromatic carbocycles. The van der Waals surface area contributed by atoms with Crippen molar-refractivity contribution >= 4 is 52.1 Å². The van der Waals surface area contributed by atoms with Gasteiger partial charge in [0.25, 0.3) is 0 Å². The van der Waals surface area contributed by atoms with Crippen LogP contribution in [-0.2, 0) is 0 Å². The minimum Gasteiger partial charge on any atom is -0.411 e. The van der Waals surface area contributed by atoms with Gasteiger partial charge in [-0.15, -0.1) is 22.7 Å². The highest BCUT2D eigenvalue weighted by Crippen LogP contribution is 2.16. The smallest absolute Gasteiger partial charge is 0.157 e. The first-order valence-electron chi connectivity index (χ1n) is 3.94. The Hall–Kier alpha value is -1.20. The highest BCUT2D eigenvalue weighted by atomic mass is 35.5. The van der Waals surface area contributed by atoms with Crippen molar-refractivity contribution in [1.29, 1.82) is 5.26 Å². The Morgan fingerprint density at radius 1 is 1.29 bits per heavy atom. The van der Waals surface area contributed by atoms with Gasteiger partial charge in [0, 0.05) is 0 Å². The zero-order valence-electron chi connectivity index (χ0n) is 8.04. The Balaban J connectivity index is 0.000000171. The van der Waals surface area contributed by atoms with Gasteiger partial charge in [-0.3, -0.25) is 0 Å². The number of nitrogens with zero attached hydrogens (tertiary/aromatic N) is 4. The molecular weight excluding hydrogens is 303 g/mol. The van der Waals surface area contributed by atoms with Gasteiger partial charge < -0.3 is 5.21 Å². The van der Waals surface area contributed by atoms with E-state index in [1.807, 2.05) is 6.07 Å². The van der Waals surface area contributed by atoms with Crippen LogP contribution in [0.3, 0.4) is 0 Å². The minimum absolute atomic E-state index is 0.303. The van der Waals surface area contributed by atoms with E-state index >= 15 is 0 Å². The van der Waals surface area contributed by atoms with Crippen LogP contribution >= 0.6 is 45.9 Å². The summed E-state index contributed by atoms with van der Waals surface area (Å²) in [6, 6.07) is 1.90. The summed E-state index contributed by atoms with van der Waals surface area (Å²) in [5.74, 6) is 0. The average Bonchev–Trinajstić information content (AvgIpc) is 2.90. The highest BCUT2D eigenvalue weighted by Gasteiger charge is 1.98. The van der Waals surface area contributed by atoms with Crippen LogP contribution in [0.15, 0.2) is 16.2 Å². The van der Waals surface area contributed by atoms with E-state index in [4.69, 9.17) is 33.7 Å². The number of rotatable bonds is 1. The summed E-state index contributed by atoms with van der Waals surface area (Å²) < 4.78 is 0. The molecule has 0 aliphatic rings. The van der Waals surface area contributed by atoms with E-state index < -0.39 is 0 Å². The number of nitriles is 1. The van der Waals surface area contributed by atoms with Crippen molar-refractivity contribution in [1.82, 2.24) is 9.97 Å². The second-order valence-electron chi connectivity index (χ2n) is 2.34. The molecule has 0 fully saturated rings. The number of hydrogen-bond donors (Lipinski definition) is 1. The SMILES string of the molecule is N#Cc1scnc1Cl.ON=Cc1scnc1Cl. The molecule has 0 bridgehead atoms. The predicted octanol–water partition coefficient (Wildman–Crippen LogP) is 3.27. The molecule has 2 rings (SSSR count). The Bertz CT molecular complexity index is 546. The van der Waals surface area contributed by atoms with Crippen LogP contribution < -0.4 is 0 Å². The molecule has 0 unspecified atom stereocenters. The molecule has 0 saturated carbocycles. The minimum atomic E-state index is 0.303. The molecule has 88 valence electrons. The molecule has 0 aliphatic carbocycles. The number of oxime groups is 1. The van der Waals surface area contributed by atoms with E-state index in [9.17, 15) is 0 Å². The molecule has 0 aliphatic heterocycles. The number of aromatic nitrogens is 2. The van der Waals surface area contributed by atoms with Crippen molar-refractivity contribution in [3.05, 3.63) is 31.1 Å². The summed E-state index contributed by atoms with van der Waals surface area (Å²) in [6.45, 7) is 0. The largest absolute Gasteiger partial charge is 0.411 e. The lowest BCUT2D eigenvalue weighted by Crippen LogP contribution is -1.73. The zero-order valence-corrected chi connectivity index (χ0v) is 11.2. The number of halogens is 2. The first kappa shape index (κ1) is 13.9. The Morgan fingerprint density at radius 2 is 1.94 bits per heavy atom. The van der Waals surface area contributed by atoms with Crippen molar-refractivity contribution in [3.8, 4) is 6.07 Å². The maximum atomic E-state index is 8.24. The molecule has 9 heteroatoms. The van der Waals surface area contributed by atoms with Crippen LogP contribution in [0.1, 0.15) is 9.75 Å². The molecular formula is C8H4Cl2N4OS2. The Labute approximate surface area is 115 Å². The van der Waals surface area contributed by atoms with E-state index in [1.54, 1.807) is 11.0 Å². The second-order valence-corrected chi connectivity index (χ2v) is 4.79. The molecule has 0 spiro atoms. The van der Waals surface area contributed by atoms with Crippen molar-refractivity contribution in [3.63, 3.8) is 0 Å². The van der Waals surface area contributed by atoms with Gasteiger partial charge >= 0.3 is 0 Å². The zero-order chi connectivity index (χ0) is 12.7. The fourth-order valence-electron chi connectivity index (χ4n) is 0.683. The lowest BCUT2D eigenvalue weighted by Gasteiger charge is -1.78. The summed E-state index contributed by atoms with van der Waals surface area (Å²) in [5.41, 5.74) is 3.13. The fraction of sp³-hybridized carbons (Fsp3) is 0. The summed E-state index contributed by atoms with van der Waals surface area (Å²) in [6.07, 6.45) is 1.25. The number of hydrogen-bond acceptors (Lipinski definition) is 7. The highest BCUT2D eigenvalue weighted by molar-refractivity contribution is 7.12. The van der Waals surface area contributed by atoms with Gasteiger partial charge in [-0.05, 0) is 0 Å². The molecule has 0 radical (unpaired) electrons. The van der Waals surface area contributed by atoms with E-state index in [1.165, 1.54) is 28.9 Å². The standard InChI is InChI=1S/C4H3ClN2OS.C4HClN2S/c5-4-3(1-7-8)9-2-6-4;5-4-3(1-6)8-2-7-4/h1-2,8H;2H. The third-order valence-electron chi connectivity index (χ3n) is 1.35. The van der Waals surface area contributed by atoms with Gasteiger partial charge in [0.2, 0.25) is 0 Å². The van der Waals surface area contributed by atoms with Gasteiger partial charge in [-0.1, -0.05) is 28.4 Å². The average molecular weight is 307 g/mol. The van der Waals surface area contributed by atoms with Gasteiger partial charge in [0.15, 0.2) is 5.15 Å². The molecule has 2 heterocycles. The van der Waals surface area contributed by atoms with Crippen LogP contribution in [-0.4, -0.2) is 21.4 Å². The van der Waals surface area contributed by atoms with E-state index in [0.717, 1.165) is 0 Å². The van der Waals surface area contributed by atoms with E-state index in [-0.39, 0.29) is 0 Å². The topological polar surface area (TPSA) is 82.2 Å². The van der Waals surface area contributed by atoms with Crippen LogP contribution in [0, 0.1) is 11.3 Å². The van der Waals surface area contributed by atoms with Crippen LogP contribution in [0.5, 0.6) is 0 Å². The Kier molecular flexibility index (Phi) is 5.86. The van der Waals surface area contributed by atoms with Crippen LogP contribution in [0.2, 0.25) is 10.3 Å². The molecule has 0 atom stereocenters. The first-order valence-corrected chi connectivity index (χ1v) is 6.46. The Morgan fingerprint density at radius 3 is 2.29 bits per heavy atom. The summed E-state index contributed by atoms with van der Waals surface area (Å²) >= 11 is 13.5. The maximum absolute atomic E-state index is 8.24. The molecule has 1 N–H and O–H groups in total. The molecule has 0 saturated heterocycles. The fourth-order valence-corrected chi connectivity index (χ4v) is 2.25. The van der Waals surface area contributed by atoms with E-state index in [2.05, 4.69) is 15.1 Å². The lowest BCUT2D eigenvalue weighted by atomic mass is 10.6. The van der Waals surface area contributed by atoms with Crippen molar-refractivity contribution in [2.24, 2.45) is 5.16 Å². The lowest BCUT2D eigenvalue weighted by molar-refractivity contribution is 0.322. The third kappa shape index (κ3) is 4.28. The van der Waals surface area contributed by atoms with Crippen molar-refractivity contribution < 1.29 is 5.21 Å². The predicted molar refractivity (Wildman–Crippen MR) is 68.3 cm³/mol. The molecule has 2 aromatic heterocycles. The normalized spacial score (nSPS) is 9.71. The monoisotopic (exact) mass is 306 g/mol. The van der Waals surface area contributed by atoms with Crippen molar-refractivity contribution in [2.75, 3.05) is 0 Å². The maximum Gasteiger partial charge on any atom is 0.157 e. The molecule has 5 nitrogen and oxygen atoms in total. The molecule has 17 heavy (non-hydrogen) atoms. The van der Waals surface area contributed by atoms with E-state index in [0.29, 0.717) is 20.1 Å². The second kappa shape index (κ2) is 7.19. The molecule has 2 aromatic rings. The molecule has 0 amide bonds. The van der Waals surface area contributed by atoms with Gasteiger partial charge in [0.1, 0.15) is 16.1 Å². The summed E-state index contributed by atoms with van der Waals surface area (Å²) in [4.78, 5) is 8.51. The van der Waals surface area contributed by atoms with Crippen LogP contribution in [0.4, 0.5) is 0 Å². The van der Waals surface area contributed by atoms with Crippen molar-refractivity contribution in [2.45, 2.75) is 0 Å². The third-order valence-corrected chi connectivity index (χ3v) is 3.66. The quantitative estimate of drug-likeness (QED) is 0.498. The van der Waals surface area contributed by atoms with Gasteiger partial charge in [0.05, 0.1) is 22.1 Å². The summed E-state index contributed by atoms with van der Waals surface area (Å²) in [7, 11) is 0. The summed E-state index contributed by atoms with van der Waals surface area (Å²) in [5, 5.41) is 19.8.